The zero-order chi connectivity index (χ0) is 19.6. The fourth-order valence-electron chi connectivity index (χ4n) is 3.22. The Bertz CT molecular complexity index is 648. The topological polar surface area (TPSA) is 81.1 Å². The Balaban J connectivity index is 1.94. The van der Waals surface area contributed by atoms with E-state index >= 15 is 0 Å². The van der Waals surface area contributed by atoms with Crippen molar-refractivity contribution in [2.24, 2.45) is 0 Å². The molecule has 1 aromatic rings. The Labute approximate surface area is 161 Å². The van der Waals surface area contributed by atoms with Crippen molar-refractivity contribution in [1.82, 2.24) is 10.6 Å². The van der Waals surface area contributed by atoms with Gasteiger partial charge in [-0.15, -0.1) is 0 Å². The molecule has 0 fully saturated rings. The van der Waals surface area contributed by atoms with Crippen LogP contribution in [-0.2, 0) is 17.8 Å². The Hall–Kier alpha value is -2.28. The molecule has 1 aromatic carbocycles. The number of hydrogen-bond acceptors (Lipinski definition) is 4. The monoisotopic (exact) mass is 378 g/mol. The summed E-state index contributed by atoms with van der Waals surface area (Å²) < 4.78 is 11.4. The average molecular weight is 378 g/mol. The van der Waals surface area contributed by atoms with Gasteiger partial charge in [-0.1, -0.05) is 13.3 Å². The minimum atomic E-state index is -0.412. The van der Waals surface area contributed by atoms with Gasteiger partial charge in [-0.3, -0.25) is 10.1 Å². The van der Waals surface area contributed by atoms with Gasteiger partial charge in [-0.25, -0.2) is 4.79 Å². The molecule has 1 unspecified atom stereocenters. The highest BCUT2D eigenvalue weighted by Gasteiger charge is 2.24. The molecule has 3 amide bonds. The highest BCUT2D eigenvalue weighted by atomic mass is 16.5. The lowest BCUT2D eigenvalue weighted by atomic mass is 9.99. The van der Waals surface area contributed by atoms with Gasteiger partial charge in [0.1, 0.15) is 6.54 Å². The number of amides is 3. The number of hydrogen-bond donors (Lipinski definition) is 3. The van der Waals surface area contributed by atoms with Crippen LogP contribution in [0.4, 0.5) is 4.79 Å². The number of ether oxygens (including phenoxy) is 2. The molecule has 0 saturated carbocycles. The van der Waals surface area contributed by atoms with Crippen LogP contribution >= 0.6 is 0 Å². The molecule has 1 aliphatic heterocycles. The smallest absolute Gasteiger partial charge is 0.321 e. The third kappa shape index (κ3) is 6.43. The second-order valence-electron chi connectivity index (χ2n) is 6.69. The molecule has 150 valence electrons. The normalized spacial score (nSPS) is 15.6. The van der Waals surface area contributed by atoms with Gasteiger partial charge in [-0.05, 0) is 38.0 Å². The first-order valence-electron chi connectivity index (χ1n) is 9.89. The molecule has 7 heteroatoms. The van der Waals surface area contributed by atoms with Crippen molar-refractivity contribution in [2.45, 2.75) is 46.6 Å². The van der Waals surface area contributed by atoms with Crippen LogP contribution in [-0.4, -0.2) is 44.8 Å². The van der Waals surface area contributed by atoms with Crippen molar-refractivity contribution in [1.29, 1.82) is 0 Å². The summed E-state index contributed by atoms with van der Waals surface area (Å²) in [6.07, 6.45) is 2.77. The van der Waals surface area contributed by atoms with Gasteiger partial charge in [0.15, 0.2) is 18.0 Å². The summed E-state index contributed by atoms with van der Waals surface area (Å²) in [6, 6.07) is 3.67. The van der Waals surface area contributed by atoms with Crippen molar-refractivity contribution >= 4 is 11.9 Å². The Morgan fingerprint density at radius 2 is 1.74 bits per heavy atom. The number of quaternary nitrogens is 1. The summed E-state index contributed by atoms with van der Waals surface area (Å²) in [6.45, 7) is 9.56. The Morgan fingerprint density at radius 3 is 2.37 bits per heavy atom. The zero-order valence-corrected chi connectivity index (χ0v) is 16.7. The lowest BCUT2D eigenvalue weighted by Crippen LogP contribution is -3.13. The number of fused-ring (bicyclic) bond motifs is 1. The molecule has 0 spiro atoms. The second kappa shape index (κ2) is 10.8. The van der Waals surface area contributed by atoms with E-state index in [1.54, 1.807) is 0 Å². The number of benzene rings is 1. The predicted molar refractivity (Wildman–Crippen MR) is 103 cm³/mol. The molecule has 7 nitrogen and oxygen atoms in total. The van der Waals surface area contributed by atoms with Gasteiger partial charge in [0.25, 0.3) is 5.91 Å². The van der Waals surface area contributed by atoms with E-state index in [9.17, 15) is 9.59 Å². The molecule has 0 bridgehead atoms. The molecule has 3 N–H and O–H groups in total. The van der Waals surface area contributed by atoms with Crippen molar-refractivity contribution < 1.29 is 24.0 Å². The molecule has 0 aliphatic carbocycles. The van der Waals surface area contributed by atoms with E-state index in [0.29, 0.717) is 19.8 Å². The average Bonchev–Trinajstić information content (AvgIpc) is 2.63. The van der Waals surface area contributed by atoms with Gasteiger partial charge in [0.05, 0.1) is 19.8 Å². The summed E-state index contributed by atoms with van der Waals surface area (Å²) in [7, 11) is 0. The van der Waals surface area contributed by atoms with E-state index in [1.165, 1.54) is 11.1 Å². The molecule has 0 saturated heterocycles. The minimum absolute atomic E-state index is 0.251. The molecular formula is C20H32N3O4+. The van der Waals surface area contributed by atoms with Crippen LogP contribution in [0.3, 0.4) is 0 Å². The molecule has 27 heavy (non-hydrogen) atoms. The number of imide groups is 1. The maximum absolute atomic E-state index is 12.1. The first-order valence-corrected chi connectivity index (χ1v) is 9.89. The first kappa shape index (κ1) is 21.0. The van der Waals surface area contributed by atoms with E-state index < -0.39 is 6.03 Å². The Morgan fingerprint density at radius 1 is 1.07 bits per heavy atom. The Kier molecular flexibility index (Phi) is 8.39. The standard InChI is InChI=1S/C20H31N3O4/c1-4-7-9-21-20(25)22-19(24)14-23-10-8-15-11-17(26-5-2)18(27-6-3)12-16(15)13-23/h11-12H,4-10,13-14H2,1-3H3,(H2,21,22,24,25)/p+1. The highest BCUT2D eigenvalue weighted by molar-refractivity contribution is 5.94. The van der Waals surface area contributed by atoms with Crippen LogP contribution in [0, 0.1) is 0 Å². The van der Waals surface area contributed by atoms with E-state index in [1.807, 2.05) is 19.9 Å². The maximum Gasteiger partial charge on any atom is 0.321 e. The van der Waals surface area contributed by atoms with Crippen LogP contribution in [0.2, 0.25) is 0 Å². The predicted octanol–water partition coefficient (Wildman–Crippen LogP) is 1.05. The number of urea groups is 1. The van der Waals surface area contributed by atoms with Gasteiger partial charge in [-0.2, -0.15) is 0 Å². The van der Waals surface area contributed by atoms with Crippen molar-refractivity contribution in [3.63, 3.8) is 0 Å². The number of carbonyl (C=O) groups excluding carboxylic acids is 2. The van der Waals surface area contributed by atoms with Crippen LogP contribution in [0.25, 0.3) is 0 Å². The SMILES string of the molecule is CCCCNC(=O)NC(=O)C[NH+]1CCc2cc(OCC)c(OCC)cc2C1. The van der Waals surface area contributed by atoms with Crippen LogP contribution in [0.1, 0.15) is 44.7 Å². The fourth-order valence-corrected chi connectivity index (χ4v) is 3.22. The van der Waals surface area contributed by atoms with Gasteiger partial charge in [0, 0.05) is 18.5 Å². The number of carbonyl (C=O) groups is 2. The fraction of sp³-hybridized carbons (Fsp3) is 0.600. The van der Waals surface area contributed by atoms with Gasteiger partial charge >= 0.3 is 6.03 Å². The number of unbranched alkanes of at least 4 members (excludes halogenated alkanes) is 1. The van der Waals surface area contributed by atoms with Crippen molar-refractivity contribution in [2.75, 3.05) is 32.8 Å². The maximum atomic E-state index is 12.1. The summed E-state index contributed by atoms with van der Waals surface area (Å²) in [5.74, 6) is 1.28. The van der Waals surface area contributed by atoms with Crippen molar-refractivity contribution in [3.05, 3.63) is 23.3 Å². The second-order valence-corrected chi connectivity index (χ2v) is 6.69. The lowest BCUT2D eigenvalue weighted by Gasteiger charge is -2.26. The summed E-state index contributed by atoms with van der Waals surface area (Å²) in [5, 5.41) is 5.11. The molecule has 2 rings (SSSR count). The zero-order valence-electron chi connectivity index (χ0n) is 16.7. The first-order chi connectivity index (χ1) is 13.1. The third-order valence-electron chi connectivity index (χ3n) is 4.53. The van der Waals surface area contributed by atoms with Crippen LogP contribution in [0.5, 0.6) is 11.5 Å². The molecule has 1 heterocycles. The van der Waals surface area contributed by atoms with Gasteiger partial charge < -0.3 is 19.7 Å². The molecule has 1 atom stereocenters. The summed E-state index contributed by atoms with van der Waals surface area (Å²) >= 11 is 0. The molecule has 1 aliphatic rings. The largest absolute Gasteiger partial charge is 0.490 e. The van der Waals surface area contributed by atoms with E-state index in [2.05, 4.69) is 23.6 Å². The van der Waals surface area contributed by atoms with E-state index in [-0.39, 0.29) is 12.5 Å². The van der Waals surface area contributed by atoms with Crippen LogP contribution in [0.15, 0.2) is 12.1 Å². The molecular weight excluding hydrogens is 346 g/mol. The quantitative estimate of drug-likeness (QED) is 0.561. The summed E-state index contributed by atoms with van der Waals surface area (Å²) in [5.41, 5.74) is 2.41. The number of nitrogens with one attached hydrogen (secondary N) is 3. The lowest BCUT2D eigenvalue weighted by molar-refractivity contribution is -0.908. The van der Waals surface area contributed by atoms with E-state index in [0.717, 1.165) is 48.8 Å². The molecule has 0 aromatic heterocycles. The minimum Gasteiger partial charge on any atom is -0.490 e. The molecule has 0 radical (unpaired) electrons. The third-order valence-corrected chi connectivity index (χ3v) is 4.53. The van der Waals surface area contributed by atoms with Gasteiger partial charge in [0.2, 0.25) is 0 Å². The summed E-state index contributed by atoms with van der Waals surface area (Å²) in [4.78, 5) is 25.0. The van der Waals surface area contributed by atoms with E-state index in [4.69, 9.17) is 9.47 Å². The van der Waals surface area contributed by atoms with Crippen molar-refractivity contribution in [3.8, 4) is 11.5 Å². The highest BCUT2D eigenvalue weighted by Crippen LogP contribution is 2.32. The number of rotatable bonds is 9. The van der Waals surface area contributed by atoms with Crippen LogP contribution < -0.4 is 25.0 Å².